The van der Waals surface area contributed by atoms with Crippen molar-refractivity contribution in [3.05, 3.63) is 29.4 Å². The first-order valence-electron chi connectivity index (χ1n) is 11.3. The quantitative estimate of drug-likeness (QED) is 0.464. The number of amides is 2. The lowest BCUT2D eigenvalue weighted by molar-refractivity contribution is 0.109. The Labute approximate surface area is 203 Å². The molecule has 2 amide bonds. The van der Waals surface area contributed by atoms with Crippen LogP contribution in [-0.4, -0.2) is 48.1 Å². The molecule has 0 spiro atoms. The lowest BCUT2D eigenvalue weighted by Crippen LogP contribution is -2.38. The molecule has 2 aromatic rings. The van der Waals surface area contributed by atoms with Gasteiger partial charge in [0.25, 0.3) is 0 Å². The van der Waals surface area contributed by atoms with Crippen LogP contribution in [0.4, 0.5) is 15.3 Å². The van der Waals surface area contributed by atoms with E-state index < -0.39 is 27.3 Å². The number of nitrogens with zero attached hydrogens (tertiary/aromatic N) is 1. The van der Waals surface area contributed by atoms with Gasteiger partial charge in [-0.2, -0.15) is 0 Å². The Balaban J connectivity index is 1.78. The smallest absolute Gasteiger partial charge is 0.409 e. The summed E-state index contributed by atoms with van der Waals surface area (Å²) < 4.78 is 31.2. The first-order valence-corrected chi connectivity index (χ1v) is 13.6. The Hall–Kier alpha value is -2.66. The second-order valence-corrected chi connectivity index (χ2v) is 12.5. The minimum absolute atomic E-state index is 0.0685. The molecule has 3 rings (SSSR count). The number of anilines is 1. The number of rotatable bonds is 7. The van der Waals surface area contributed by atoms with Gasteiger partial charge >= 0.3 is 12.2 Å². The van der Waals surface area contributed by atoms with Gasteiger partial charge in [0.1, 0.15) is 0 Å². The minimum Gasteiger partial charge on any atom is -0.465 e. The lowest BCUT2D eigenvalue weighted by Gasteiger charge is -2.28. The van der Waals surface area contributed by atoms with Gasteiger partial charge in [-0.15, -0.1) is 11.3 Å². The standard InChI is InChI=1S/C23H31N3O6S2/c1-13(2)32-23(29)26-16-7-5-15(6-8-16)21-24-12-19(33-21)18-10-9-17(25-22(27)28)11-20(18)34(30,31)14(3)4/h9-16,25H,5-8H2,1-4H3,(H,26,29)(H,27,28). The third-order valence-electron chi connectivity index (χ3n) is 5.69. The number of sulfone groups is 1. The van der Waals surface area contributed by atoms with Gasteiger partial charge in [-0.1, -0.05) is 6.07 Å². The monoisotopic (exact) mass is 509 g/mol. The van der Waals surface area contributed by atoms with Crippen LogP contribution in [0.15, 0.2) is 29.3 Å². The zero-order chi connectivity index (χ0) is 25.0. The number of carbonyl (C=O) groups is 2. The molecule has 0 bridgehead atoms. The zero-order valence-electron chi connectivity index (χ0n) is 19.7. The molecule has 1 aromatic heterocycles. The van der Waals surface area contributed by atoms with E-state index in [1.54, 1.807) is 32.2 Å². The fourth-order valence-corrected chi connectivity index (χ4v) is 6.39. The fraction of sp³-hybridized carbons (Fsp3) is 0.522. The number of carbonyl (C=O) groups excluding carboxylic acids is 1. The number of hydrogen-bond acceptors (Lipinski definition) is 7. The van der Waals surface area contributed by atoms with Crippen molar-refractivity contribution >= 4 is 39.0 Å². The van der Waals surface area contributed by atoms with Gasteiger partial charge in [-0.3, -0.25) is 5.32 Å². The van der Waals surface area contributed by atoms with Gasteiger partial charge < -0.3 is 15.2 Å². The number of benzene rings is 1. The van der Waals surface area contributed by atoms with Crippen molar-refractivity contribution < 1.29 is 27.9 Å². The summed E-state index contributed by atoms with van der Waals surface area (Å²) in [6.07, 6.45) is 3.21. The van der Waals surface area contributed by atoms with Crippen LogP contribution in [0.2, 0.25) is 0 Å². The SMILES string of the molecule is CC(C)OC(=O)NC1CCC(c2ncc(-c3ccc(NC(=O)O)cc3S(=O)(=O)C(C)C)s2)CC1. The number of carboxylic acid groups (broad SMARTS) is 1. The van der Waals surface area contributed by atoms with Crippen LogP contribution in [0.25, 0.3) is 10.4 Å². The van der Waals surface area contributed by atoms with Crippen LogP contribution in [0.3, 0.4) is 0 Å². The Morgan fingerprint density at radius 3 is 2.41 bits per heavy atom. The van der Waals surface area contributed by atoms with Crippen molar-refractivity contribution in [2.45, 2.75) is 81.6 Å². The van der Waals surface area contributed by atoms with E-state index in [1.165, 1.54) is 17.4 Å². The summed E-state index contributed by atoms with van der Waals surface area (Å²) in [6, 6.07) is 4.61. The summed E-state index contributed by atoms with van der Waals surface area (Å²) in [6.45, 7) is 6.81. The molecule has 0 atom stereocenters. The van der Waals surface area contributed by atoms with Crippen molar-refractivity contribution in [1.29, 1.82) is 0 Å². The molecule has 0 saturated heterocycles. The topological polar surface area (TPSA) is 135 Å². The van der Waals surface area contributed by atoms with Crippen LogP contribution in [0.1, 0.15) is 64.3 Å². The van der Waals surface area contributed by atoms with Crippen LogP contribution in [0.5, 0.6) is 0 Å². The molecule has 0 unspecified atom stereocenters. The van der Waals surface area contributed by atoms with E-state index >= 15 is 0 Å². The molecule has 3 N–H and O–H groups in total. The molecule has 1 heterocycles. The number of nitrogens with one attached hydrogen (secondary N) is 2. The molecule has 9 nitrogen and oxygen atoms in total. The van der Waals surface area contributed by atoms with E-state index in [2.05, 4.69) is 15.6 Å². The van der Waals surface area contributed by atoms with E-state index in [-0.39, 0.29) is 28.6 Å². The van der Waals surface area contributed by atoms with E-state index in [1.807, 2.05) is 13.8 Å². The molecule has 1 aromatic carbocycles. The highest BCUT2D eigenvalue weighted by atomic mass is 32.2. The minimum atomic E-state index is -3.66. The third-order valence-corrected chi connectivity index (χ3v) is 9.08. The summed E-state index contributed by atoms with van der Waals surface area (Å²) in [4.78, 5) is 28.3. The number of hydrogen-bond donors (Lipinski definition) is 3. The number of aromatic nitrogens is 1. The van der Waals surface area contributed by atoms with Crippen molar-refractivity contribution in [3.8, 4) is 10.4 Å². The molecule has 186 valence electrons. The first kappa shape index (κ1) is 26.0. The first-order chi connectivity index (χ1) is 16.0. The van der Waals surface area contributed by atoms with Crippen LogP contribution in [-0.2, 0) is 14.6 Å². The van der Waals surface area contributed by atoms with E-state index in [0.717, 1.165) is 35.6 Å². The normalized spacial score (nSPS) is 18.6. The van der Waals surface area contributed by atoms with E-state index in [4.69, 9.17) is 9.84 Å². The van der Waals surface area contributed by atoms with Gasteiger partial charge in [-0.05, 0) is 65.5 Å². The molecule has 1 aliphatic carbocycles. The van der Waals surface area contributed by atoms with Gasteiger partial charge in [0.05, 0.1) is 26.1 Å². The number of thiazole rings is 1. The highest BCUT2D eigenvalue weighted by Crippen LogP contribution is 2.40. The van der Waals surface area contributed by atoms with Crippen molar-refractivity contribution in [1.82, 2.24) is 10.3 Å². The zero-order valence-corrected chi connectivity index (χ0v) is 21.3. The summed E-state index contributed by atoms with van der Waals surface area (Å²) in [5.74, 6) is 0.232. The Morgan fingerprint density at radius 2 is 1.82 bits per heavy atom. The maximum absolute atomic E-state index is 13.0. The molecule has 1 aliphatic rings. The average Bonchev–Trinajstić information content (AvgIpc) is 3.23. The van der Waals surface area contributed by atoms with Gasteiger partial charge in [0, 0.05) is 29.4 Å². The summed E-state index contributed by atoms with van der Waals surface area (Å²) >= 11 is 1.45. The Morgan fingerprint density at radius 1 is 1.15 bits per heavy atom. The summed E-state index contributed by atoms with van der Waals surface area (Å²) in [7, 11) is -3.66. The predicted octanol–water partition coefficient (Wildman–Crippen LogP) is 5.24. The average molecular weight is 510 g/mol. The molecule has 1 saturated carbocycles. The van der Waals surface area contributed by atoms with Crippen molar-refractivity contribution in [3.63, 3.8) is 0 Å². The maximum atomic E-state index is 13.0. The number of ether oxygens (including phenoxy) is 1. The van der Waals surface area contributed by atoms with Gasteiger partial charge in [-0.25, -0.2) is 23.0 Å². The Kier molecular flexibility index (Phi) is 8.19. The van der Waals surface area contributed by atoms with E-state index in [0.29, 0.717) is 5.56 Å². The van der Waals surface area contributed by atoms with Crippen molar-refractivity contribution in [2.24, 2.45) is 0 Å². The van der Waals surface area contributed by atoms with Gasteiger partial charge in [0.15, 0.2) is 9.84 Å². The summed E-state index contributed by atoms with van der Waals surface area (Å²) in [5.41, 5.74) is 0.710. The molecule has 0 radical (unpaired) electrons. The summed E-state index contributed by atoms with van der Waals surface area (Å²) in [5, 5.41) is 14.4. The fourth-order valence-electron chi connectivity index (χ4n) is 3.92. The molecular weight excluding hydrogens is 478 g/mol. The highest BCUT2D eigenvalue weighted by molar-refractivity contribution is 7.92. The molecular formula is C23H31N3O6S2. The van der Waals surface area contributed by atoms with Crippen LogP contribution in [0, 0.1) is 0 Å². The largest absolute Gasteiger partial charge is 0.465 e. The van der Waals surface area contributed by atoms with Crippen molar-refractivity contribution in [2.75, 3.05) is 5.32 Å². The number of alkyl carbamates (subject to hydrolysis) is 1. The lowest BCUT2D eigenvalue weighted by atomic mass is 9.86. The molecule has 1 fully saturated rings. The third kappa shape index (κ3) is 6.26. The highest BCUT2D eigenvalue weighted by Gasteiger charge is 2.28. The molecule has 34 heavy (non-hydrogen) atoms. The van der Waals surface area contributed by atoms with E-state index in [9.17, 15) is 18.0 Å². The Bertz CT molecular complexity index is 1140. The predicted molar refractivity (Wildman–Crippen MR) is 131 cm³/mol. The molecule has 11 heteroatoms. The van der Waals surface area contributed by atoms with Crippen LogP contribution < -0.4 is 10.6 Å². The van der Waals surface area contributed by atoms with Crippen LogP contribution >= 0.6 is 11.3 Å². The maximum Gasteiger partial charge on any atom is 0.409 e. The second kappa shape index (κ2) is 10.7. The second-order valence-electron chi connectivity index (χ2n) is 8.94. The molecule has 0 aliphatic heterocycles. The van der Waals surface area contributed by atoms with Gasteiger partial charge in [0.2, 0.25) is 0 Å².